The van der Waals surface area contributed by atoms with Crippen LogP contribution in [0.3, 0.4) is 0 Å². The molecular weight excluding hydrogens is 308 g/mol. The molecule has 1 aromatic rings. The zero-order valence-electron chi connectivity index (χ0n) is 14.1. The third-order valence-electron chi connectivity index (χ3n) is 4.75. The first kappa shape index (κ1) is 16.7. The molecule has 0 radical (unpaired) electrons. The fourth-order valence-electron chi connectivity index (χ4n) is 3.32. The lowest BCUT2D eigenvalue weighted by Crippen LogP contribution is -2.35. The molecule has 0 bridgehead atoms. The average molecular weight is 332 g/mol. The van der Waals surface area contributed by atoms with E-state index in [-0.39, 0.29) is 24.2 Å². The number of fused-ring (bicyclic) bond motifs is 1. The van der Waals surface area contributed by atoms with E-state index >= 15 is 0 Å². The van der Waals surface area contributed by atoms with E-state index in [1.165, 1.54) is 20.0 Å². The topological polar surface area (TPSA) is 84.4 Å². The minimum Gasteiger partial charge on any atom is -0.469 e. The number of amides is 1. The largest absolute Gasteiger partial charge is 0.469 e. The van der Waals surface area contributed by atoms with Crippen LogP contribution in [0.4, 0.5) is 5.95 Å². The molecule has 2 heterocycles. The molecule has 0 unspecified atom stereocenters. The van der Waals surface area contributed by atoms with Gasteiger partial charge in [-0.3, -0.25) is 9.59 Å². The van der Waals surface area contributed by atoms with Gasteiger partial charge in [0.25, 0.3) is 0 Å². The molecule has 3 rings (SSSR count). The number of esters is 1. The number of aromatic nitrogens is 2. The Morgan fingerprint density at radius 1 is 1.38 bits per heavy atom. The van der Waals surface area contributed by atoms with E-state index in [0.29, 0.717) is 13.0 Å². The van der Waals surface area contributed by atoms with Crippen molar-refractivity contribution < 1.29 is 14.3 Å². The van der Waals surface area contributed by atoms with Crippen molar-refractivity contribution in [1.29, 1.82) is 0 Å². The van der Waals surface area contributed by atoms with Crippen LogP contribution in [-0.4, -0.2) is 48.6 Å². The van der Waals surface area contributed by atoms with Crippen LogP contribution in [-0.2, 0) is 27.2 Å². The first-order valence-electron chi connectivity index (χ1n) is 8.61. The van der Waals surface area contributed by atoms with E-state index in [2.05, 4.69) is 19.9 Å². The fraction of sp³-hybridized carbons (Fsp3) is 0.647. The van der Waals surface area contributed by atoms with Crippen molar-refractivity contribution in [3.05, 3.63) is 17.5 Å². The Kier molecular flexibility index (Phi) is 5.27. The number of aryl methyl sites for hydroxylation is 1. The van der Waals surface area contributed by atoms with E-state index in [4.69, 9.17) is 4.98 Å². The Balaban J connectivity index is 1.56. The molecule has 1 aliphatic carbocycles. The lowest BCUT2D eigenvalue weighted by Gasteiger charge is -2.24. The van der Waals surface area contributed by atoms with E-state index in [0.717, 1.165) is 43.1 Å². The highest BCUT2D eigenvalue weighted by Gasteiger charge is 2.27. The van der Waals surface area contributed by atoms with Crippen molar-refractivity contribution in [2.24, 2.45) is 5.92 Å². The monoisotopic (exact) mass is 332 g/mol. The number of carbonyl (C=O) groups excluding carboxylic acids is 2. The first-order valence-corrected chi connectivity index (χ1v) is 8.61. The standard InChI is InChI=1S/C17H24N4O3/c1-24-15(22)6-7-18-16(23)12-4-5-14-13(10-12)11-19-17(20-14)21-8-2-3-9-21/h11-12H,2-10H2,1H3,(H,18,23)/t12-/m0/s1. The summed E-state index contributed by atoms with van der Waals surface area (Å²) in [6, 6.07) is 0. The normalized spacial score (nSPS) is 19.7. The Bertz CT molecular complexity index is 614. The van der Waals surface area contributed by atoms with Crippen LogP contribution in [0.2, 0.25) is 0 Å². The summed E-state index contributed by atoms with van der Waals surface area (Å²) in [5.41, 5.74) is 2.14. The lowest BCUT2D eigenvalue weighted by molar-refractivity contribution is -0.140. The maximum atomic E-state index is 12.2. The molecule has 2 aliphatic rings. The number of carbonyl (C=O) groups is 2. The molecule has 1 saturated heterocycles. The summed E-state index contributed by atoms with van der Waals surface area (Å²) in [4.78, 5) is 34.7. The van der Waals surface area contributed by atoms with Gasteiger partial charge in [-0.15, -0.1) is 0 Å². The quantitative estimate of drug-likeness (QED) is 0.805. The second-order valence-corrected chi connectivity index (χ2v) is 6.39. The van der Waals surface area contributed by atoms with Gasteiger partial charge in [-0.2, -0.15) is 0 Å². The van der Waals surface area contributed by atoms with Gasteiger partial charge in [0.05, 0.1) is 13.5 Å². The van der Waals surface area contributed by atoms with E-state index < -0.39 is 0 Å². The lowest BCUT2D eigenvalue weighted by atomic mass is 9.86. The van der Waals surface area contributed by atoms with Gasteiger partial charge in [0.15, 0.2) is 0 Å². The molecule has 24 heavy (non-hydrogen) atoms. The van der Waals surface area contributed by atoms with Gasteiger partial charge in [0, 0.05) is 37.4 Å². The molecule has 130 valence electrons. The zero-order valence-corrected chi connectivity index (χ0v) is 14.1. The average Bonchev–Trinajstić information content (AvgIpc) is 3.15. The molecule has 0 saturated carbocycles. The summed E-state index contributed by atoms with van der Waals surface area (Å²) < 4.78 is 4.57. The third-order valence-corrected chi connectivity index (χ3v) is 4.75. The Morgan fingerprint density at radius 3 is 2.92 bits per heavy atom. The Labute approximate surface area is 141 Å². The maximum Gasteiger partial charge on any atom is 0.307 e. The van der Waals surface area contributed by atoms with Crippen LogP contribution in [0.15, 0.2) is 6.20 Å². The summed E-state index contributed by atoms with van der Waals surface area (Å²) >= 11 is 0. The smallest absolute Gasteiger partial charge is 0.307 e. The van der Waals surface area contributed by atoms with Gasteiger partial charge in [0.1, 0.15) is 0 Å². The summed E-state index contributed by atoms with van der Waals surface area (Å²) in [5, 5.41) is 2.82. The highest BCUT2D eigenvalue weighted by atomic mass is 16.5. The number of nitrogens with zero attached hydrogens (tertiary/aromatic N) is 3. The summed E-state index contributed by atoms with van der Waals surface area (Å²) in [5.74, 6) is 0.434. The van der Waals surface area contributed by atoms with Crippen LogP contribution < -0.4 is 10.2 Å². The fourth-order valence-corrected chi connectivity index (χ4v) is 3.32. The predicted molar refractivity (Wildman–Crippen MR) is 88.6 cm³/mol. The number of ether oxygens (including phenoxy) is 1. The number of hydrogen-bond donors (Lipinski definition) is 1. The van der Waals surface area contributed by atoms with Crippen molar-refractivity contribution in [2.75, 3.05) is 31.6 Å². The van der Waals surface area contributed by atoms with Crippen molar-refractivity contribution >= 4 is 17.8 Å². The summed E-state index contributed by atoms with van der Waals surface area (Å²) in [6.45, 7) is 2.38. The van der Waals surface area contributed by atoms with E-state index in [1.807, 2.05) is 6.20 Å². The molecular formula is C17H24N4O3. The second-order valence-electron chi connectivity index (χ2n) is 6.39. The van der Waals surface area contributed by atoms with Gasteiger partial charge in [-0.1, -0.05) is 0 Å². The SMILES string of the molecule is COC(=O)CCNC(=O)[C@H]1CCc2nc(N3CCCC3)ncc2C1. The molecule has 0 spiro atoms. The molecule has 1 amide bonds. The minimum atomic E-state index is -0.313. The molecule has 1 N–H and O–H groups in total. The van der Waals surface area contributed by atoms with Crippen molar-refractivity contribution in [3.63, 3.8) is 0 Å². The molecule has 1 aliphatic heterocycles. The third kappa shape index (κ3) is 3.83. The molecule has 1 fully saturated rings. The number of nitrogens with one attached hydrogen (secondary N) is 1. The highest BCUT2D eigenvalue weighted by molar-refractivity contribution is 5.80. The van der Waals surface area contributed by atoms with Crippen molar-refractivity contribution in [1.82, 2.24) is 15.3 Å². The van der Waals surface area contributed by atoms with Crippen molar-refractivity contribution in [2.45, 2.75) is 38.5 Å². The van der Waals surface area contributed by atoms with Crippen LogP contribution >= 0.6 is 0 Å². The van der Waals surface area contributed by atoms with Crippen LogP contribution in [0, 0.1) is 5.92 Å². The molecule has 7 heteroatoms. The highest BCUT2D eigenvalue weighted by Crippen LogP contribution is 2.26. The molecule has 7 nitrogen and oxygen atoms in total. The molecule has 1 aromatic heterocycles. The van der Waals surface area contributed by atoms with Gasteiger partial charge < -0.3 is 15.0 Å². The van der Waals surface area contributed by atoms with E-state index in [9.17, 15) is 9.59 Å². The predicted octanol–water partition coefficient (Wildman–Crippen LogP) is 0.861. The number of methoxy groups -OCH3 is 1. The van der Waals surface area contributed by atoms with Gasteiger partial charge in [-0.05, 0) is 37.7 Å². The zero-order chi connectivity index (χ0) is 16.9. The van der Waals surface area contributed by atoms with E-state index in [1.54, 1.807) is 0 Å². The molecule has 1 atom stereocenters. The summed E-state index contributed by atoms with van der Waals surface area (Å²) in [6.07, 6.45) is 6.74. The van der Waals surface area contributed by atoms with Crippen LogP contribution in [0.1, 0.15) is 36.9 Å². The van der Waals surface area contributed by atoms with Gasteiger partial charge in [-0.25, -0.2) is 9.97 Å². The first-order chi connectivity index (χ1) is 11.7. The second kappa shape index (κ2) is 7.59. The number of hydrogen-bond acceptors (Lipinski definition) is 6. The van der Waals surface area contributed by atoms with Crippen molar-refractivity contribution in [3.8, 4) is 0 Å². The Morgan fingerprint density at radius 2 is 2.17 bits per heavy atom. The van der Waals surface area contributed by atoms with Crippen LogP contribution in [0.5, 0.6) is 0 Å². The number of anilines is 1. The van der Waals surface area contributed by atoms with Crippen LogP contribution in [0.25, 0.3) is 0 Å². The van der Waals surface area contributed by atoms with Gasteiger partial charge in [0.2, 0.25) is 11.9 Å². The summed E-state index contributed by atoms with van der Waals surface area (Å²) in [7, 11) is 1.35. The van der Waals surface area contributed by atoms with Gasteiger partial charge >= 0.3 is 5.97 Å². The maximum absolute atomic E-state index is 12.2. The Hall–Kier alpha value is -2.18. The molecule has 0 aromatic carbocycles. The number of rotatable bonds is 5. The minimum absolute atomic E-state index is 0.00632.